The molecule has 6 heteroatoms. The summed E-state index contributed by atoms with van der Waals surface area (Å²) < 4.78 is 10.4. The van der Waals surface area contributed by atoms with Gasteiger partial charge in [-0.05, 0) is 73.9 Å². The molecule has 0 atom stereocenters. The zero-order valence-electron chi connectivity index (χ0n) is 18.8. The van der Waals surface area contributed by atoms with Gasteiger partial charge in [0.05, 0.1) is 13.2 Å². The van der Waals surface area contributed by atoms with Gasteiger partial charge in [0, 0.05) is 19.3 Å². The number of benzene rings is 2. The normalized spacial score (nSPS) is 10.7. The topological polar surface area (TPSA) is 93.1 Å². The number of esters is 2. The monoisotopic (exact) mass is 428 g/mol. The first-order chi connectivity index (χ1) is 14.7. The van der Waals surface area contributed by atoms with Crippen molar-refractivity contribution >= 4 is 11.9 Å². The Morgan fingerprint density at radius 1 is 0.677 bits per heavy atom. The molecule has 0 fully saturated rings. The number of aromatic hydroxyl groups is 2. The second-order valence-electron chi connectivity index (χ2n) is 7.95. The smallest absolute Gasteiger partial charge is 0.306 e. The molecule has 2 aromatic rings. The molecule has 0 aliphatic heterocycles. The first-order valence-corrected chi connectivity index (χ1v) is 10.6. The van der Waals surface area contributed by atoms with Crippen LogP contribution in [0.1, 0.15) is 52.6 Å². The van der Waals surface area contributed by atoms with Crippen molar-refractivity contribution in [1.29, 1.82) is 0 Å². The van der Waals surface area contributed by atoms with Gasteiger partial charge in [0.2, 0.25) is 0 Å². The third kappa shape index (κ3) is 7.63. The number of carbonyl (C=O) groups is 2. The van der Waals surface area contributed by atoms with Crippen molar-refractivity contribution in [3.8, 4) is 11.5 Å². The Kier molecular flexibility index (Phi) is 8.91. The number of ether oxygens (including phenoxy) is 2. The van der Waals surface area contributed by atoms with E-state index in [2.05, 4.69) is 0 Å². The first kappa shape index (κ1) is 24.3. The molecule has 0 bridgehead atoms. The fraction of sp³-hybridized carbons (Fsp3) is 0.440. The van der Waals surface area contributed by atoms with Crippen LogP contribution in [0.2, 0.25) is 0 Å². The zero-order chi connectivity index (χ0) is 23.0. The van der Waals surface area contributed by atoms with Crippen LogP contribution in [0, 0.1) is 27.7 Å². The van der Waals surface area contributed by atoms with E-state index in [0.717, 1.165) is 33.4 Å². The van der Waals surface area contributed by atoms with Crippen molar-refractivity contribution in [3.63, 3.8) is 0 Å². The molecule has 0 aliphatic carbocycles. The van der Waals surface area contributed by atoms with Crippen molar-refractivity contribution in [2.75, 3.05) is 13.2 Å². The van der Waals surface area contributed by atoms with E-state index in [0.29, 0.717) is 19.3 Å². The van der Waals surface area contributed by atoms with Crippen molar-refractivity contribution in [3.05, 3.63) is 57.6 Å². The number of hydrogen-bond acceptors (Lipinski definition) is 6. The molecule has 6 nitrogen and oxygen atoms in total. The largest absolute Gasteiger partial charge is 0.507 e. The van der Waals surface area contributed by atoms with Crippen LogP contribution in [0.25, 0.3) is 0 Å². The summed E-state index contributed by atoms with van der Waals surface area (Å²) in [6.07, 6.45) is 2.06. The number of phenolic OH excluding ortho intramolecular Hbond substituents is 2. The van der Waals surface area contributed by atoms with Gasteiger partial charge in [-0.15, -0.1) is 0 Å². The average molecular weight is 429 g/mol. The van der Waals surface area contributed by atoms with Crippen molar-refractivity contribution < 1.29 is 29.3 Å². The molecular weight excluding hydrogens is 396 g/mol. The third-order valence-corrected chi connectivity index (χ3v) is 5.15. The van der Waals surface area contributed by atoms with E-state index in [9.17, 15) is 19.8 Å². The Hall–Kier alpha value is -3.02. The molecule has 168 valence electrons. The lowest BCUT2D eigenvalue weighted by Crippen LogP contribution is -2.11. The van der Waals surface area contributed by atoms with Gasteiger partial charge in [0.15, 0.2) is 0 Å². The summed E-state index contributed by atoms with van der Waals surface area (Å²) in [4.78, 5) is 23.8. The second kappa shape index (κ2) is 11.4. The molecule has 0 saturated carbocycles. The lowest BCUT2D eigenvalue weighted by atomic mass is 10.0. The van der Waals surface area contributed by atoms with E-state index in [1.54, 1.807) is 0 Å². The summed E-state index contributed by atoms with van der Waals surface area (Å²) in [5, 5.41) is 19.6. The van der Waals surface area contributed by atoms with Crippen LogP contribution in [0.5, 0.6) is 11.5 Å². The maximum atomic E-state index is 11.9. The predicted octanol–water partition coefficient (Wildman–Crippen LogP) is 4.37. The van der Waals surface area contributed by atoms with Gasteiger partial charge in [-0.25, -0.2) is 0 Å². The number of aryl methyl sites for hydroxylation is 6. The van der Waals surface area contributed by atoms with Crippen LogP contribution in [-0.4, -0.2) is 35.4 Å². The minimum Gasteiger partial charge on any atom is -0.507 e. The molecule has 0 spiro atoms. The van der Waals surface area contributed by atoms with Crippen molar-refractivity contribution in [2.24, 2.45) is 0 Å². The van der Waals surface area contributed by atoms with Crippen LogP contribution < -0.4 is 0 Å². The van der Waals surface area contributed by atoms with Crippen LogP contribution in [-0.2, 0) is 31.9 Å². The van der Waals surface area contributed by atoms with Crippen LogP contribution in [0.15, 0.2) is 24.3 Å². The Bertz CT molecular complexity index is 810. The fourth-order valence-corrected chi connectivity index (χ4v) is 3.45. The quantitative estimate of drug-likeness (QED) is 0.431. The summed E-state index contributed by atoms with van der Waals surface area (Å²) >= 11 is 0. The molecule has 0 aliphatic rings. The highest BCUT2D eigenvalue weighted by Crippen LogP contribution is 2.24. The van der Waals surface area contributed by atoms with Gasteiger partial charge in [-0.1, -0.05) is 24.3 Å². The molecule has 0 saturated heterocycles. The van der Waals surface area contributed by atoms with E-state index >= 15 is 0 Å². The Balaban J connectivity index is 1.60. The number of phenols is 2. The first-order valence-electron chi connectivity index (χ1n) is 10.6. The highest BCUT2D eigenvalue weighted by Gasteiger charge is 2.09. The number of rotatable bonds is 10. The lowest BCUT2D eigenvalue weighted by Gasteiger charge is -2.09. The van der Waals surface area contributed by atoms with Gasteiger partial charge >= 0.3 is 11.9 Å². The summed E-state index contributed by atoms with van der Waals surface area (Å²) in [5.74, 6) is -0.0242. The van der Waals surface area contributed by atoms with E-state index in [1.165, 1.54) is 0 Å². The molecule has 0 heterocycles. The molecule has 2 aromatic carbocycles. The number of hydrogen-bond donors (Lipinski definition) is 2. The second-order valence-corrected chi connectivity index (χ2v) is 7.95. The lowest BCUT2D eigenvalue weighted by molar-refractivity contribution is -0.146. The van der Waals surface area contributed by atoms with E-state index in [4.69, 9.17) is 9.47 Å². The highest BCUT2D eigenvalue weighted by atomic mass is 16.5. The van der Waals surface area contributed by atoms with E-state index < -0.39 is 0 Å². The molecular formula is C25H32O6. The highest BCUT2D eigenvalue weighted by molar-refractivity contribution is 5.70. The van der Waals surface area contributed by atoms with E-state index in [-0.39, 0.29) is 49.5 Å². The van der Waals surface area contributed by atoms with Crippen LogP contribution in [0.4, 0.5) is 0 Å². The standard InChI is InChI=1S/C25H32O6/c1-16-12-20(13-17(2)24(16)28)6-8-22(26)30-10-5-11-31-23(27)9-7-21-14-18(3)25(29)19(4)15-21/h12-15,28-29H,5-11H2,1-4H3. The maximum absolute atomic E-state index is 11.9. The Labute approximate surface area is 183 Å². The summed E-state index contributed by atoms with van der Waals surface area (Å²) in [5.41, 5.74) is 5.14. The van der Waals surface area contributed by atoms with Gasteiger partial charge < -0.3 is 19.7 Å². The molecule has 0 aromatic heterocycles. The van der Waals surface area contributed by atoms with Crippen LogP contribution in [0.3, 0.4) is 0 Å². The molecule has 0 amide bonds. The summed E-state index contributed by atoms with van der Waals surface area (Å²) in [6, 6.07) is 7.48. The third-order valence-electron chi connectivity index (χ3n) is 5.15. The Morgan fingerprint density at radius 2 is 1.00 bits per heavy atom. The van der Waals surface area contributed by atoms with Crippen molar-refractivity contribution in [2.45, 2.75) is 59.8 Å². The number of carbonyl (C=O) groups excluding carboxylic acids is 2. The molecule has 2 rings (SSSR count). The SMILES string of the molecule is Cc1cc(CCC(=O)OCCCOC(=O)CCc2cc(C)c(O)c(C)c2)cc(C)c1O. The maximum Gasteiger partial charge on any atom is 0.306 e. The molecule has 0 unspecified atom stereocenters. The Morgan fingerprint density at radius 3 is 1.32 bits per heavy atom. The van der Waals surface area contributed by atoms with E-state index in [1.807, 2.05) is 52.0 Å². The zero-order valence-corrected chi connectivity index (χ0v) is 18.8. The average Bonchev–Trinajstić information content (AvgIpc) is 2.72. The van der Waals surface area contributed by atoms with Gasteiger partial charge in [-0.2, -0.15) is 0 Å². The predicted molar refractivity (Wildman–Crippen MR) is 118 cm³/mol. The minimum atomic E-state index is -0.298. The van der Waals surface area contributed by atoms with Crippen LogP contribution >= 0.6 is 0 Å². The summed E-state index contributed by atoms with van der Waals surface area (Å²) in [6.45, 7) is 7.74. The minimum absolute atomic E-state index is 0.204. The molecule has 31 heavy (non-hydrogen) atoms. The molecule has 2 N–H and O–H groups in total. The van der Waals surface area contributed by atoms with Gasteiger partial charge in [0.25, 0.3) is 0 Å². The van der Waals surface area contributed by atoms with Crippen molar-refractivity contribution in [1.82, 2.24) is 0 Å². The van der Waals surface area contributed by atoms with Gasteiger partial charge in [-0.3, -0.25) is 9.59 Å². The summed E-state index contributed by atoms with van der Waals surface area (Å²) in [7, 11) is 0. The molecule has 0 radical (unpaired) electrons. The van der Waals surface area contributed by atoms with Gasteiger partial charge in [0.1, 0.15) is 11.5 Å². The fourth-order valence-electron chi connectivity index (χ4n) is 3.45.